The highest BCUT2D eigenvalue weighted by Crippen LogP contribution is 2.24. The minimum atomic E-state index is -3.74. The molecule has 8 heteroatoms. The van der Waals surface area contributed by atoms with Crippen LogP contribution in [-0.4, -0.2) is 50.0 Å². The van der Waals surface area contributed by atoms with E-state index in [1.54, 1.807) is 17.0 Å². The van der Waals surface area contributed by atoms with Crippen molar-refractivity contribution in [1.82, 2.24) is 10.2 Å². The Morgan fingerprint density at radius 3 is 2.33 bits per heavy atom. The van der Waals surface area contributed by atoms with Crippen LogP contribution in [0.25, 0.3) is 0 Å². The van der Waals surface area contributed by atoms with Gasteiger partial charge in [0.2, 0.25) is 21.8 Å². The third-order valence-corrected chi connectivity index (χ3v) is 7.96. The molecule has 36 heavy (non-hydrogen) atoms. The molecule has 1 unspecified atom stereocenters. The smallest absolute Gasteiger partial charge is 0.244 e. The highest BCUT2D eigenvalue weighted by atomic mass is 32.2. The molecule has 0 aromatic heterocycles. The molecule has 0 bridgehead atoms. The van der Waals surface area contributed by atoms with Crippen LogP contribution in [0.15, 0.2) is 48.5 Å². The maximum Gasteiger partial charge on any atom is 0.244 e. The number of carbonyl (C=O) groups excluding carboxylic acids is 2. The van der Waals surface area contributed by atoms with Gasteiger partial charge in [0.15, 0.2) is 0 Å². The maximum atomic E-state index is 13.8. The van der Waals surface area contributed by atoms with E-state index in [9.17, 15) is 18.0 Å². The predicted octanol–water partition coefficient (Wildman–Crippen LogP) is 4.33. The number of anilines is 1. The number of hydrogen-bond donors (Lipinski definition) is 1. The summed E-state index contributed by atoms with van der Waals surface area (Å²) in [7, 11) is -3.74. The van der Waals surface area contributed by atoms with Crippen molar-refractivity contribution in [1.29, 1.82) is 0 Å². The van der Waals surface area contributed by atoms with Gasteiger partial charge in [-0.05, 0) is 50.3 Å². The summed E-state index contributed by atoms with van der Waals surface area (Å²) in [6.45, 7) is 5.53. The van der Waals surface area contributed by atoms with E-state index in [2.05, 4.69) is 5.32 Å². The monoisotopic (exact) mass is 513 g/mol. The van der Waals surface area contributed by atoms with Gasteiger partial charge in [-0.2, -0.15) is 0 Å². The van der Waals surface area contributed by atoms with Crippen LogP contribution in [-0.2, 0) is 26.2 Å². The second kappa shape index (κ2) is 12.4. The number of carbonyl (C=O) groups is 2. The number of benzene rings is 2. The lowest BCUT2D eigenvalue weighted by Gasteiger charge is -2.34. The molecule has 1 saturated carbocycles. The number of rotatable bonds is 10. The summed E-state index contributed by atoms with van der Waals surface area (Å²) in [5.41, 5.74) is 3.16. The lowest BCUT2D eigenvalue weighted by atomic mass is 9.95. The number of sulfonamides is 1. The quantitative estimate of drug-likeness (QED) is 0.512. The first kappa shape index (κ1) is 27.7. The summed E-state index contributed by atoms with van der Waals surface area (Å²) in [4.78, 5) is 28.8. The number of amides is 2. The average Bonchev–Trinajstić information content (AvgIpc) is 2.83. The SMILES string of the molecule is CCC(C(=O)NC1CCCCC1)N(Cc1cccc(C)c1)C(=O)CN(c1ccccc1C)S(C)(=O)=O. The molecule has 3 rings (SSSR count). The van der Waals surface area contributed by atoms with Crippen molar-refractivity contribution in [3.8, 4) is 0 Å². The van der Waals surface area contributed by atoms with Crippen LogP contribution in [0.2, 0.25) is 0 Å². The van der Waals surface area contributed by atoms with Crippen LogP contribution in [0, 0.1) is 13.8 Å². The molecule has 1 fully saturated rings. The minimum absolute atomic E-state index is 0.121. The zero-order chi connectivity index (χ0) is 26.3. The van der Waals surface area contributed by atoms with Crippen LogP contribution >= 0.6 is 0 Å². The van der Waals surface area contributed by atoms with Crippen LogP contribution in [0.1, 0.15) is 62.1 Å². The standard InChI is InChI=1S/C28H39N3O4S/c1-5-25(28(33)29-24-15-7-6-8-16-24)30(19-23-14-11-12-21(2)18-23)27(32)20-31(36(4,34)35)26-17-10-9-13-22(26)3/h9-14,17-18,24-25H,5-8,15-16,19-20H2,1-4H3,(H,29,33). The molecule has 1 aliphatic carbocycles. The third-order valence-electron chi connectivity index (χ3n) is 6.84. The van der Waals surface area contributed by atoms with Crippen LogP contribution in [0.3, 0.4) is 0 Å². The van der Waals surface area contributed by atoms with Gasteiger partial charge in [-0.1, -0.05) is 74.2 Å². The summed E-state index contributed by atoms with van der Waals surface area (Å²) in [5, 5.41) is 3.16. The molecular formula is C28H39N3O4S. The Balaban J connectivity index is 1.92. The Bertz CT molecular complexity index is 1160. The maximum absolute atomic E-state index is 13.8. The predicted molar refractivity (Wildman–Crippen MR) is 144 cm³/mol. The van der Waals surface area contributed by atoms with E-state index < -0.39 is 22.0 Å². The van der Waals surface area contributed by atoms with E-state index >= 15 is 0 Å². The van der Waals surface area contributed by atoms with Gasteiger partial charge in [-0.3, -0.25) is 13.9 Å². The molecule has 2 aromatic rings. The van der Waals surface area contributed by atoms with Gasteiger partial charge in [0.25, 0.3) is 0 Å². The fourth-order valence-electron chi connectivity index (χ4n) is 4.91. The van der Waals surface area contributed by atoms with Gasteiger partial charge in [-0.25, -0.2) is 8.42 Å². The molecule has 0 spiro atoms. The topological polar surface area (TPSA) is 86.8 Å². The molecule has 1 N–H and O–H groups in total. The normalized spacial score (nSPS) is 15.2. The molecular weight excluding hydrogens is 474 g/mol. The van der Waals surface area contributed by atoms with Gasteiger partial charge in [0, 0.05) is 12.6 Å². The van der Waals surface area contributed by atoms with Crippen LogP contribution in [0.5, 0.6) is 0 Å². The second-order valence-electron chi connectivity index (χ2n) is 9.83. The lowest BCUT2D eigenvalue weighted by molar-refractivity contribution is -0.140. The Kier molecular flexibility index (Phi) is 9.54. The van der Waals surface area contributed by atoms with Gasteiger partial charge in [0.05, 0.1) is 11.9 Å². The molecule has 0 radical (unpaired) electrons. The van der Waals surface area contributed by atoms with Gasteiger partial charge in [0.1, 0.15) is 12.6 Å². The zero-order valence-electron chi connectivity index (χ0n) is 21.9. The van der Waals surface area contributed by atoms with E-state index in [1.807, 2.05) is 57.2 Å². The van der Waals surface area contributed by atoms with E-state index in [4.69, 9.17) is 0 Å². The van der Waals surface area contributed by atoms with Gasteiger partial charge in [-0.15, -0.1) is 0 Å². The zero-order valence-corrected chi connectivity index (χ0v) is 22.7. The Morgan fingerprint density at radius 2 is 1.72 bits per heavy atom. The molecule has 0 saturated heterocycles. The second-order valence-corrected chi connectivity index (χ2v) is 11.7. The Hall–Kier alpha value is -2.87. The summed E-state index contributed by atoms with van der Waals surface area (Å²) in [6.07, 6.45) is 6.79. The fraction of sp³-hybridized carbons (Fsp3) is 0.500. The molecule has 7 nitrogen and oxygen atoms in total. The van der Waals surface area contributed by atoms with E-state index in [0.29, 0.717) is 12.1 Å². The fourth-order valence-corrected chi connectivity index (χ4v) is 5.82. The first-order valence-corrected chi connectivity index (χ1v) is 14.6. The van der Waals surface area contributed by atoms with Crippen molar-refractivity contribution in [3.05, 3.63) is 65.2 Å². The highest BCUT2D eigenvalue weighted by Gasteiger charge is 2.33. The lowest BCUT2D eigenvalue weighted by Crippen LogP contribution is -2.54. The first-order valence-electron chi connectivity index (χ1n) is 12.8. The summed E-state index contributed by atoms with van der Waals surface area (Å²) in [6, 6.07) is 14.3. The van der Waals surface area contributed by atoms with Crippen molar-refractivity contribution in [2.24, 2.45) is 0 Å². The molecule has 1 atom stereocenters. The molecule has 1 aliphatic rings. The largest absolute Gasteiger partial charge is 0.352 e. The van der Waals surface area contributed by atoms with Gasteiger partial charge >= 0.3 is 0 Å². The highest BCUT2D eigenvalue weighted by molar-refractivity contribution is 7.92. The van der Waals surface area contributed by atoms with Crippen molar-refractivity contribution >= 4 is 27.5 Å². The van der Waals surface area contributed by atoms with E-state index in [1.165, 1.54) is 6.42 Å². The molecule has 2 aromatic carbocycles. The number of nitrogens with zero attached hydrogens (tertiary/aromatic N) is 2. The summed E-state index contributed by atoms with van der Waals surface area (Å²) < 4.78 is 26.7. The molecule has 0 heterocycles. The van der Waals surface area contributed by atoms with Crippen molar-refractivity contribution in [3.63, 3.8) is 0 Å². The number of para-hydroxylation sites is 1. The van der Waals surface area contributed by atoms with Crippen LogP contribution in [0.4, 0.5) is 5.69 Å². The third kappa shape index (κ3) is 7.32. The van der Waals surface area contributed by atoms with E-state index in [0.717, 1.165) is 52.9 Å². The number of hydrogen-bond acceptors (Lipinski definition) is 4. The van der Waals surface area contributed by atoms with Crippen LogP contribution < -0.4 is 9.62 Å². The van der Waals surface area contributed by atoms with E-state index in [-0.39, 0.29) is 25.0 Å². The average molecular weight is 514 g/mol. The van der Waals surface area contributed by atoms with Crippen molar-refractivity contribution in [2.75, 3.05) is 17.1 Å². The minimum Gasteiger partial charge on any atom is -0.352 e. The number of aryl methyl sites for hydroxylation is 2. The Labute approximate surface area is 215 Å². The number of nitrogens with one attached hydrogen (secondary N) is 1. The summed E-state index contributed by atoms with van der Waals surface area (Å²) in [5.74, 6) is -0.581. The van der Waals surface area contributed by atoms with Gasteiger partial charge < -0.3 is 10.2 Å². The summed E-state index contributed by atoms with van der Waals surface area (Å²) >= 11 is 0. The van der Waals surface area contributed by atoms with Crippen molar-refractivity contribution in [2.45, 2.75) is 77.9 Å². The molecule has 2 amide bonds. The molecule has 196 valence electrons. The Morgan fingerprint density at radius 1 is 1.03 bits per heavy atom. The van der Waals surface area contributed by atoms with Crippen molar-refractivity contribution < 1.29 is 18.0 Å². The molecule has 0 aliphatic heterocycles. The first-order chi connectivity index (χ1) is 17.1.